The van der Waals surface area contributed by atoms with Gasteiger partial charge in [-0.1, -0.05) is 31.5 Å². The molecular weight excluding hydrogens is 274 g/mol. The average molecular weight is 290 g/mol. The number of halogens is 1. The number of benzene rings is 1. The first-order valence-electron chi connectivity index (χ1n) is 6.43. The minimum Gasteiger partial charge on any atom is -0.381 e. The second-order valence-electron chi connectivity index (χ2n) is 4.74. The average Bonchev–Trinajstić information content (AvgIpc) is 2.89. The van der Waals surface area contributed by atoms with Crippen LogP contribution in [0.4, 0.5) is 5.69 Å². The summed E-state index contributed by atoms with van der Waals surface area (Å²) in [7, 11) is 0. The zero-order valence-electron chi connectivity index (χ0n) is 11.5. The Labute approximate surface area is 123 Å². The Hall–Kier alpha value is -2.06. The number of nitrogens with zero attached hydrogens (tertiary/aromatic N) is 4. The molecule has 1 N–H and O–H groups in total. The summed E-state index contributed by atoms with van der Waals surface area (Å²) in [5.74, 6) is 1.28. The maximum atomic E-state index is 9.07. The van der Waals surface area contributed by atoms with E-state index in [-0.39, 0.29) is 0 Å². The fraction of sp³-hybridized carbons (Fsp3) is 0.357. The molecule has 0 amide bonds. The zero-order chi connectivity index (χ0) is 14.5. The number of nitrogens with one attached hydrogen (secondary N) is 1. The van der Waals surface area contributed by atoms with E-state index in [0.29, 0.717) is 28.7 Å². The van der Waals surface area contributed by atoms with Crippen LogP contribution in [0.15, 0.2) is 24.5 Å². The van der Waals surface area contributed by atoms with Gasteiger partial charge in [-0.25, -0.2) is 0 Å². The van der Waals surface area contributed by atoms with E-state index in [1.807, 2.05) is 4.57 Å². The van der Waals surface area contributed by atoms with E-state index in [1.165, 1.54) is 0 Å². The lowest BCUT2D eigenvalue weighted by atomic mass is 10.2. The van der Waals surface area contributed by atoms with Crippen LogP contribution in [0.3, 0.4) is 0 Å². The van der Waals surface area contributed by atoms with Gasteiger partial charge >= 0.3 is 0 Å². The lowest BCUT2D eigenvalue weighted by Gasteiger charge is -2.12. The highest BCUT2D eigenvalue weighted by molar-refractivity contribution is 6.33. The van der Waals surface area contributed by atoms with Gasteiger partial charge in [0.15, 0.2) is 0 Å². The number of para-hydroxylation sites is 1. The van der Waals surface area contributed by atoms with Crippen LogP contribution in [-0.4, -0.2) is 21.3 Å². The first-order valence-corrected chi connectivity index (χ1v) is 6.81. The van der Waals surface area contributed by atoms with E-state index in [2.05, 4.69) is 35.4 Å². The largest absolute Gasteiger partial charge is 0.381 e. The Kier molecular flexibility index (Phi) is 4.59. The van der Waals surface area contributed by atoms with Gasteiger partial charge in [-0.3, -0.25) is 0 Å². The molecule has 0 bridgehead atoms. The predicted octanol–water partition coefficient (Wildman–Crippen LogP) is 3.04. The fourth-order valence-electron chi connectivity index (χ4n) is 1.98. The molecule has 0 saturated carbocycles. The second-order valence-corrected chi connectivity index (χ2v) is 5.15. The number of hydrogen-bond acceptors (Lipinski definition) is 4. The molecule has 2 rings (SSSR count). The molecule has 0 atom stereocenters. The van der Waals surface area contributed by atoms with Gasteiger partial charge < -0.3 is 9.88 Å². The molecule has 5 nitrogen and oxygen atoms in total. The molecule has 0 saturated heterocycles. The van der Waals surface area contributed by atoms with Crippen molar-refractivity contribution in [3.05, 3.63) is 40.9 Å². The maximum absolute atomic E-state index is 9.07. The molecule has 0 spiro atoms. The third-order valence-corrected chi connectivity index (χ3v) is 3.27. The molecule has 1 heterocycles. The van der Waals surface area contributed by atoms with Gasteiger partial charge in [-0.05, 0) is 12.1 Å². The Morgan fingerprint density at radius 2 is 2.25 bits per heavy atom. The van der Waals surface area contributed by atoms with E-state index >= 15 is 0 Å². The van der Waals surface area contributed by atoms with Gasteiger partial charge in [-0.2, -0.15) is 5.26 Å². The third-order valence-electron chi connectivity index (χ3n) is 2.95. The molecule has 0 radical (unpaired) electrons. The van der Waals surface area contributed by atoms with Crippen molar-refractivity contribution < 1.29 is 0 Å². The van der Waals surface area contributed by atoms with Crippen LogP contribution < -0.4 is 5.32 Å². The van der Waals surface area contributed by atoms with Crippen molar-refractivity contribution in [2.75, 3.05) is 11.9 Å². The van der Waals surface area contributed by atoms with Crippen LogP contribution in [-0.2, 0) is 6.54 Å². The number of hydrogen-bond donors (Lipinski definition) is 1. The van der Waals surface area contributed by atoms with Crippen molar-refractivity contribution in [2.24, 2.45) is 0 Å². The smallest absolute Gasteiger partial charge is 0.135 e. The summed E-state index contributed by atoms with van der Waals surface area (Å²) in [4.78, 5) is 0. The van der Waals surface area contributed by atoms with Crippen LogP contribution in [0, 0.1) is 11.3 Å². The van der Waals surface area contributed by atoms with Gasteiger partial charge in [0, 0.05) is 19.0 Å². The predicted molar refractivity (Wildman–Crippen MR) is 78.8 cm³/mol. The van der Waals surface area contributed by atoms with Gasteiger partial charge in [-0.15, -0.1) is 10.2 Å². The van der Waals surface area contributed by atoms with E-state index in [9.17, 15) is 0 Å². The topological polar surface area (TPSA) is 66.5 Å². The molecule has 1 aromatic heterocycles. The molecule has 0 aliphatic carbocycles. The van der Waals surface area contributed by atoms with E-state index in [0.717, 1.165) is 12.4 Å². The molecule has 0 aliphatic rings. The fourth-order valence-corrected chi connectivity index (χ4v) is 2.22. The van der Waals surface area contributed by atoms with E-state index in [1.54, 1.807) is 24.5 Å². The monoisotopic (exact) mass is 289 g/mol. The Morgan fingerprint density at radius 3 is 2.95 bits per heavy atom. The van der Waals surface area contributed by atoms with Crippen molar-refractivity contribution in [3.8, 4) is 6.07 Å². The molecule has 2 aromatic rings. The summed E-state index contributed by atoms with van der Waals surface area (Å²) in [5, 5.41) is 20.9. The molecule has 0 fully saturated rings. The normalized spacial score (nSPS) is 10.6. The van der Waals surface area contributed by atoms with Crippen LogP contribution in [0.2, 0.25) is 5.02 Å². The lowest BCUT2D eigenvalue weighted by Crippen LogP contribution is -2.14. The molecule has 104 valence electrons. The van der Waals surface area contributed by atoms with E-state index in [4.69, 9.17) is 16.9 Å². The highest BCUT2D eigenvalue weighted by Gasteiger charge is 2.09. The number of nitriles is 1. The number of anilines is 1. The third kappa shape index (κ3) is 3.09. The van der Waals surface area contributed by atoms with Crippen molar-refractivity contribution in [2.45, 2.75) is 26.3 Å². The number of aromatic nitrogens is 3. The summed E-state index contributed by atoms with van der Waals surface area (Å²) in [6.07, 6.45) is 1.72. The first kappa shape index (κ1) is 14.4. The minimum atomic E-state index is 0.326. The number of rotatable bonds is 5. The molecule has 1 aromatic carbocycles. The summed E-state index contributed by atoms with van der Waals surface area (Å²) in [6, 6.07) is 7.41. The molecule has 0 aliphatic heterocycles. The molecule has 6 heteroatoms. The summed E-state index contributed by atoms with van der Waals surface area (Å²) < 4.78 is 2.00. The van der Waals surface area contributed by atoms with Gasteiger partial charge in [0.1, 0.15) is 18.2 Å². The van der Waals surface area contributed by atoms with Gasteiger partial charge in [0.25, 0.3) is 0 Å². The quantitative estimate of drug-likeness (QED) is 0.919. The van der Waals surface area contributed by atoms with Crippen molar-refractivity contribution in [1.29, 1.82) is 5.26 Å². The zero-order valence-corrected chi connectivity index (χ0v) is 12.2. The SMILES string of the molecule is CC(C)c1nncn1CCNc1c(Cl)cccc1C#N. The van der Waals surface area contributed by atoms with Crippen LogP contribution in [0.25, 0.3) is 0 Å². The highest BCUT2D eigenvalue weighted by Crippen LogP contribution is 2.25. The van der Waals surface area contributed by atoms with Gasteiger partial charge in [0.05, 0.1) is 16.3 Å². The summed E-state index contributed by atoms with van der Waals surface area (Å²) >= 11 is 6.11. The second kappa shape index (κ2) is 6.40. The molecular formula is C14H16ClN5. The molecule has 20 heavy (non-hydrogen) atoms. The van der Waals surface area contributed by atoms with Crippen molar-refractivity contribution >= 4 is 17.3 Å². The standard InChI is InChI=1S/C14H16ClN5/c1-10(2)14-19-18-9-20(14)7-6-17-13-11(8-16)4-3-5-12(13)15/h3-5,9-10,17H,6-7H2,1-2H3. The van der Waals surface area contributed by atoms with Gasteiger partial charge in [0.2, 0.25) is 0 Å². The minimum absolute atomic E-state index is 0.326. The van der Waals surface area contributed by atoms with Crippen LogP contribution in [0.1, 0.15) is 31.2 Å². The van der Waals surface area contributed by atoms with Crippen LogP contribution in [0.5, 0.6) is 0 Å². The highest BCUT2D eigenvalue weighted by atomic mass is 35.5. The van der Waals surface area contributed by atoms with E-state index < -0.39 is 0 Å². The Bertz CT molecular complexity index is 627. The van der Waals surface area contributed by atoms with Crippen LogP contribution >= 0.6 is 11.6 Å². The van der Waals surface area contributed by atoms with Crippen molar-refractivity contribution in [3.63, 3.8) is 0 Å². The Morgan fingerprint density at radius 1 is 1.45 bits per heavy atom. The summed E-state index contributed by atoms with van der Waals surface area (Å²) in [6.45, 7) is 5.53. The maximum Gasteiger partial charge on any atom is 0.135 e. The first-order chi connectivity index (χ1) is 9.63. The lowest BCUT2D eigenvalue weighted by molar-refractivity contribution is 0.637. The van der Waals surface area contributed by atoms with Crippen molar-refractivity contribution in [1.82, 2.24) is 14.8 Å². The summed E-state index contributed by atoms with van der Waals surface area (Å²) in [5.41, 5.74) is 1.22. The molecule has 0 unspecified atom stereocenters. The Balaban J connectivity index is 2.04.